The van der Waals surface area contributed by atoms with Gasteiger partial charge in [-0.25, -0.2) is 18.4 Å². The minimum Gasteiger partial charge on any atom is -0.481 e. The Morgan fingerprint density at radius 2 is 1.81 bits per heavy atom. The van der Waals surface area contributed by atoms with Gasteiger partial charge in [0.25, 0.3) is 0 Å². The number of anilines is 1. The van der Waals surface area contributed by atoms with Crippen LogP contribution in [0.15, 0.2) is 34.8 Å². The number of ether oxygens (including phenoxy) is 1. The predicted molar refractivity (Wildman–Crippen MR) is 156 cm³/mol. The Kier molecular flexibility index (Phi) is 9.14. The van der Waals surface area contributed by atoms with Crippen molar-refractivity contribution in [1.82, 2.24) is 19.2 Å². The van der Waals surface area contributed by atoms with Crippen LogP contribution in [-0.2, 0) is 19.6 Å². The molecule has 1 saturated heterocycles. The summed E-state index contributed by atoms with van der Waals surface area (Å²) in [6, 6.07) is 3.47. The van der Waals surface area contributed by atoms with E-state index in [-0.39, 0.29) is 49.3 Å². The van der Waals surface area contributed by atoms with Crippen LogP contribution in [0.1, 0.15) is 45.4 Å². The Labute approximate surface area is 252 Å². The van der Waals surface area contributed by atoms with Gasteiger partial charge < -0.3 is 15.0 Å². The highest BCUT2D eigenvalue weighted by atomic mass is 32.2. The fraction of sp³-hybridized carbons (Fsp3) is 0.571. The highest BCUT2D eigenvalue weighted by Gasteiger charge is 2.44. The highest BCUT2D eigenvalue weighted by Crippen LogP contribution is 2.40. The maximum atomic E-state index is 13.7. The number of nitrogens with zero attached hydrogens (tertiary/aromatic N) is 4. The number of rotatable bonds is 8. The van der Waals surface area contributed by atoms with E-state index in [9.17, 15) is 31.2 Å². The van der Waals surface area contributed by atoms with Crippen molar-refractivity contribution in [1.29, 1.82) is 0 Å². The summed E-state index contributed by atoms with van der Waals surface area (Å²) < 4.78 is 71.6. The molecule has 234 valence electrons. The summed E-state index contributed by atoms with van der Waals surface area (Å²) in [5.41, 5.74) is 1.48. The number of fused-ring (bicyclic) bond motifs is 1. The van der Waals surface area contributed by atoms with Crippen molar-refractivity contribution in [2.24, 2.45) is 17.8 Å². The normalized spacial score (nSPS) is 21.4. The van der Waals surface area contributed by atoms with Crippen LogP contribution >= 0.6 is 11.3 Å². The van der Waals surface area contributed by atoms with Gasteiger partial charge in [0, 0.05) is 32.2 Å². The minimum atomic E-state index is -5.00. The standard InChI is InChI=1S/C28H34F3N5O5S2/c1-17-15-19(43(39,40)36-13-11-35(12-14-36)26(38)28(29,30)31)7-8-20(17)21(16-18-5-3-4-6-18)24(37)34-27-32-22-9-10-23(41-2)33-25(22)42-27/h7-10,17-18,21H,3-6,11-16H2,1-2H3,(H,32,34,37). The number of allylic oxidation sites excluding steroid dienone is 3. The summed E-state index contributed by atoms with van der Waals surface area (Å²) in [5.74, 6) is -2.08. The topological polar surface area (TPSA) is 122 Å². The van der Waals surface area contributed by atoms with E-state index in [2.05, 4.69) is 15.3 Å². The van der Waals surface area contributed by atoms with Crippen molar-refractivity contribution in [3.63, 3.8) is 0 Å². The van der Waals surface area contributed by atoms with Crippen LogP contribution < -0.4 is 10.1 Å². The van der Waals surface area contributed by atoms with Gasteiger partial charge in [0.1, 0.15) is 10.3 Å². The van der Waals surface area contributed by atoms with Crippen molar-refractivity contribution < 1.29 is 35.9 Å². The lowest BCUT2D eigenvalue weighted by Gasteiger charge is -2.36. The molecule has 2 unspecified atom stereocenters. The molecule has 43 heavy (non-hydrogen) atoms. The van der Waals surface area contributed by atoms with E-state index in [4.69, 9.17) is 4.74 Å². The van der Waals surface area contributed by atoms with Crippen LogP contribution in [-0.4, -0.2) is 78.9 Å². The molecule has 0 radical (unpaired) electrons. The molecule has 1 N–H and O–H groups in total. The number of sulfonamides is 1. The molecule has 0 bridgehead atoms. The van der Waals surface area contributed by atoms with Crippen molar-refractivity contribution >= 4 is 48.7 Å². The van der Waals surface area contributed by atoms with E-state index in [0.717, 1.165) is 35.6 Å². The van der Waals surface area contributed by atoms with Gasteiger partial charge >= 0.3 is 12.1 Å². The summed E-state index contributed by atoms with van der Waals surface area (Å²) in [4.78, 5) is 35.6. The molecule has 3 heterocycles. The Morgan fingerprint density at radius 1 is 1.12 bits per heavy atom. The molecule has 2 aromatic rings. The summed E-state index contributed by atoms with van der Waals surface area (Å²) in [5, 5.41) is 3.38. The van der Waals surface area contributed by atoms with E-state index in [1.165, 1.54) is 24.5 Å². The predicted octanol–water partition coefficient (Wildman–Crippen LogP) is 4.72. The van der Waals surface area contributed by atoms with Crippen molar-refractivity contribution in [2.75, 3.05) is 38.6 Å². The van der Waals surface area contributed by atoms with Gasteiger partial charge in [-0.3, -0.25) is 9.59 Å². The van der Waals surface area contributed by atoms with Crippen LogP contribution in [0, 0.1) is 17.8 Å². The number of halogens is 3. The lowest BCUT2D eigenvalue weighted by atomic mass is 9.78. The lowest BCUT2D eigenvalue weighted by molar-refractivity contribution is -0.186. The first-order valence-electron chi connectivity index (χ1n) is 14.3. The molecule has 1 aliphatic heterocycles. The SMILES string of the molecule is COc1ccc2nc(NC(=O)C(CC3CCCC3)C3=CC=C(S(=O)(=O)N4CCN(C(=O)C(F)(F)F)CC4)CC3C)sc2n1. The van der Waals surface area contributed by atoms with E-state index >= 15 is 0 Å². The molecule has 2 aliphatic carbocycles. The smallest absolute Gasteiger partial charge is 0.471 e. The third kappa shape index (κ3) is 6.88. The third-order valence-electron chi connectivity index (χ3n) is 8.41. The first-order valence-corrected chi connectivity index (χ1v) is 16.5. The van der Waals surface area contributed by atoms with Gasteiger partial charge in [0.05, 0.1) is 17.9 Å². The van der Waals surface area contributed by atoms with Gasteiger partial charge in [-0.2, -0.15) is 17.5 Å². The summed E-state index contributed by atoms with van der Waals surface area (Å²) >= 11 is 1.25. The molecule has 0 spiro atoms. The zero-order valence-electron chi connectivity index (χ0n) is 23.9. The molecule has 5 rings (SSSR count). The molecular weight excluding hydrogens is 607 g/mol. The quantitative estimate of drug-likeness (QED) is 0.443. The van der Waals surface area contributed by atoms with Gasteiger partial charge in [0.15, 0.2) is 5.13 Å². The number of methoxy groups -OCH3 is 1. The van der Waals surface area contributed by atoms with E-state index < -0.39 is 28.0 Å². The zero-order chi connectivity index (χ0) is 30.9. The number of carbonyl (C=O) groups excluding carboxylic acids is 2. The van der Waals surface area contributed by atoms with Crippen molar-refractivity contribution in [3.8, 4) is 5.88 Å². The van der Waals surface area contributed by atoms with Gasteiger partial charge in [0.2, 0.25) is 21.8 Å². The number of piperazine rings is 1. The van der Waals surface area contributed by atoms with Crippen LogP contribution in [0.5, 0.6) is 5.88 Å². The average molecular weight is 642 g/mol. The Hall–Kier alpha value is -3.04. The average Bonchev–Trinajstić information content (AvgIpc) is 3.64. The fourth-order valence-corrected chi connectivity index (χ4v) is 8.61. The second kappa shape index (κ2) is 12.5. The molecule has 2 fully saturated rings. The Bertz CT molecular complexity index is 1540. The van der Waals surface area contributed by atoms with Crippen molar-refractivity contribution in [2.45, 2.75) is 51.6 Å². The summed E-state index contributed by atoms with van der Waals surface area (Å²) in [6.07, 6.45) is 3.34. The number of carbonyl (C=O) groups is 2. The largest absolute Gasteiger partial charge is 0.481 e. The number of nitrogens with one attached hydrogen (secondary N) is 1. The Morgan fingerprint density at radius 3 is 2.44 bits per heavy atom. The van der Waals surface area contributed by atoms with E-state index in [1.54, 1.807) is 18.2 Å². The molecule has 15 heteroatoms. The molecule has 2 atom stereocenters. The number of hydrogen-bond donors (Lipinski definition) is 1. The molecule has 3 aliphatic rings. The summed E-state index contributed by atoms with van der Waals surface area (Å²) in [7, 11) is -2.43. The molecule has 2 aromatic heterocycles. The fourth-order valence-electron chi connectivity index (χ4n) is 6.10. The molecule has 1 saturated carbocycles. The molecule has 0 aromatic carbocycles. The third-order valence-corrected chi connectivity index (χ3v) is 11.3. The number of thiazole rings is 1. The Balaban J connectivity index is 1.34. The second-order valence-corrected chi connectivity index (χ2v) is 14.2. The number of amides is 2. The van der Waals surface area contributed by atoms with Crippen molar-refractivity contribution in [3.05, 3.63) is 34.8 Å². The highest BCUT2D eigenvalue weighted by molar-refractivity contribution is 7.93. The monoisotopic (exact) mass is 641 g/mol. The van der Waals surface area contributed by atoms with Crippen LogP contribution in [0.2, 0.25) is 0 Å². The molecule has 10 nitrogen and oxygen atoms in total. The van der Waals surface area contributed by atoms with Crippen LogP contribution in [0.25, 0.3) is 10.3 Å². The van der Waals surface area contributed by atoms with E-state index in [1.807, 2.05) is 6.92 Å². The van der Waals surface area contributed by atoms with E-state index in [0.29, 0.717) is 38.6 Å². The molecule has 2 amide bonds. The minimum absolute atomic E-state index is 0.144. The zero-order valence-corrected chi connectivity index (χ0v) is 25.5. The van der Waals surface area contributed by atoms with Gasteiger partial charge in [-0.15, -0.1) is 0 Å². The first kappa shape index (κ1) is 31.4. The lowest BCUT2D eigenvalue weighted by Crippen LogP contribution is -2.53. The van der Waals surface area contributed by atoms with Crippen LogP contribution in [0.3, 0.4) is 0 Å². The van der Waals surface area contributed by atoms with Crippen LogP contribution in [0.4, 0.5) is 18.3 Å². The molecular formula is C28H34F3N5O5S2. The second-order valence-electron chi connectivity index (χ2n) is 11.2. The number of aromatic nitrogens is 2. The number of hydrogen-bond acceptors (Lipinski definition) is 8. The maximum absolute atomic E-state index is 13.7. The number of pyridine rings is 1. The maximum Gasteiger partial charge on any atom is 0.471 e. The van der Waals surface area contributed by atoms with Gasteiger partial charge in [-0.05, 0) is 36.8 Å². The summed E-state index contributed by atoms with van der Waals surface area (Å²) in [6.45, 7) is 0.777. The van der Waals surface area contributed by atoms with Gasteiger partial charge in [-0.1, -0.05) is 55.6 Å². The number of alkyl halides is 3. The first-order chi connectivity index (χ1) is 20.4.